The fourth-order valence-corrected chi connectivity index (χ4v) is 2.75. The number of nitrogens with zero attached hydrogens (tertiary/aromatic N) is 3. The summed E-state index contributed by atoms with van der Waals surface area (Å²) in [7, 11) is 0. The van der Waals surface area contributed by atoms with Gasteiger partial charge in [-0.1, -0.05) is 0 Å². The number of ether oxygens (including phenoxy) is 1. The van der Waals surface area contributed by atoms with Gasteiger partial charge in [-0.15, -0.1) is 0 Å². The molecular formula is C15H18ClN3O. The van der Waals surface area contributed by atoms with E-state index < -0.39 is 0 Å². The molecule has 1 saturated heterocycles. The molecule has 0 amide bonds. The van der Waals surface area contributed by atoms with Crippen molar-refractivity contribution < 1.29 is 4.74 Å². The van der Waals surface area contributed by atoms with E-state index >= 15 is 0 Å². The van der Waals surface area contributed by atoms with Gasteiger partial charge in [-0.3, -0.25) is 0 Å². The van der Waals surface area contributed by atoms with Crippen molar-refractivity contribution in [1.29, 1.82) is 0 Å². The van der Waals surface area contributed by atoms with E-state index in [9.17, 15) is 0 Å². The molecule has 1 aromatic carbocycles. The van der Waals surface area contributed by atoms with Gasteiger partial charge in [0, 0.05) is 24.5 Å². The van der Waals surface area contributed by atoms with Gasteiger partial charge in [0.25, 0.3) is 0 Å². The van der Waals surface area contributed by atoms with E-state index in [4.69, 9.17) is 16.3 Å². The summed E-state index contributed by atoms with van der Waals surface area (Å²) in [6.07, 6.45) is 2.55. The summed E-state index contributed by atoms with van der Waals surface area (Å²) in [6.45, 7) is 6.08. The molecule has 0 atom stereocenters. The standard InChI is InChI=1S/C15H18ClN3O/c1-10(2)20-11-5-6-12-13(9-11)17-15(16)18-14(12)19-7-3-4-8-19/h5-6,9-10H,3-4,7-8H2,1-2H3. The second-order valence-corrected chi connectivity index (χ2v) is 5.69. The summed E-state index contributed by atoms with van der Waals surface area (Å²) in [6, 6.07) is 5.93. The third-order valence-corrected chi connectivity index (χ3v) is 3.57. The van der Waals surface area contributed by atoms with Crippen molar-refractivity contribution in [2.75, 3.05) is 18.0 Å². The minimum absolute atomic E-state index is 0.141. The molecule has 106 valence electrons. The van der Waals surface area contributed by atoms with Crippen LogP contribution in [0.5, 0.6) is 5.75 Å². The first kappa shape index (κ1) is 13.4. The van der Waals surface area contributed by atoms with Crippen LogP contribution in [0.1, 0.15) is 26.7 Å². The number of halogens is 1. The molecular weight excluding hydrogens is 274 g/mol. The Bertz CT molecular complexity index is 624. The Morgan fingerprint density at radius 2 is 1.95 bits per heavy atom. The van der Waals surface area contributed by atoms with Crippen LogP contribution in [0.2, 0.25) is 5.28 Å². The van der Waals surface area contributed by atoms with Gasteiger partial charge >= 0.3 is 0 Å². The van der Waals surface area contributed by atoms with Gasteiger partial charge in [0.05, 0.1) is 11.6 Å². The molecule has 0 radical (unpaired) electrons. The fourth-order valence-electron chi connectivity index (χ4n) is 2.58. The van der Waals surface area contributed by atoms with Crippen LogP contribution in [0, 0.1) is 0 Å². The van der Waals surface area contributed by atoms with E-state index in [2.05, 4.69) is 14.9 Å². The summed E-state index contributed by atoms with van der Waals surface area (Å²) < 4.78 is 5.71. The van der Waals surface area contributed by atoms with Crippen LogP contribution < -0.4 is 9.64 Å². The van der Waals surface area contributed by atoms with Crippen LogP contribution in [0.4, 0.5) is 5.82 Å². The van der Waals surface area contributed by atoms with Gasteiger partial charge in [0.15, 0.2) is 0 Å². The van der Waals surface area contributed by atoms with Crippen molar-refractivity contribution >= 4 is 28.3 Å². The topological polar surface area (TPSA) is 38.2 Å². The molecule has 2 heterocycles. The highest BCUT2D eigenvalue weighted by atomic mass is 35.5. The second kappa shape index (κ2) is 5.44. The van der Waals surface area contributed by atoms with Crippen molar-refractivity contribution in [1.82, 2.24) is 9.97 Å². The molecule has 3 rings (SSSR count). The molecule has 1 fully saturated rings. The number of aromatic nitrogens is 2. The lowest BCUT2D eigenvalue weighted by atomic mass is 10.2. The predicted molar refractivity (Wildman–Crippen MR) is 81.8 cm³/mol. The zero-order chi connectivity index (χ0) is 14.1. The summed E-state index contributed by atoms with van der Waals surface area (Å²) >= 11 is 6.07. The van der Waals surface area contributed by atoms with Gasteiger partial charge in [-0.25, -0.2) is 4.98 Å². The van der Waals surface area contributed by atoms with Crippen molar-refractivity contribution in [3.8, 4) is 5.75 Å². The maximum Gasteiger partial charge on any atom is 0.224 e. The quantitative estimate of drug-likeness (QED) is 0.809. The van der Waals surface area contributed by atoms with Crippen molar-refractivity contribution in [2.45, 2.75) is 32.8 Å². The lowest BCUT2D eigenvalue weighted by Gasteiger charge is -2.19. The van der Waals surface area contributed by atoms with Crippen molar-refractivity contribution in [2.24, 2.45) is 0 Å². The fraction of sp³-hybridized carbons (Fsp3) is 0.467. The highest BCUT2D eigenvalue weighted by Crippen LogP contribution is 2.30. The first-order valence-corrected chi connectivity index (χ1v) is 7.40. The minimum Gasteiger partial charge on any atom is -0.491 e. The van der Waals surface area contributed by atoms with Crippen molar-refractivity contribution in [3.05, 3.63) is 23.5 Å². The molecule has 1 aromatic heterocycles. The Morgan fingerprint density at radius 1 is 1.20 bits per heavy atom. The van der Waals surface area contributed by atoms with E-state index in [0.717, 1.165) is 35.6 Å². The minimum atomic E-state index is 0.141. The Labute approximate surface area is 123 Å². The Balaban J connectivity index is 2.07. The van der Waals surface area contributed by atoms with E-state index in [-0.39, 0.29) is 6.10 Å². The van der Waals surface area contributed by atoms with Crippen LogP contribution in [0.15, 0.2) is 18.2 Å². The van der Waals surface area contributed by atoms with Crippen LogP contribution >= 0.6 is 11.6 Å². The lowest BCUT2D eigenvalue weighted by Crippen LogP contribution is -2.19. The SMILES string of the molecule is CC(C)Oc1ccc2c(N3CCCC3)nc(Cl)nc2c1. The second-order valence-electron chi connectivity index (χ2n) is 5.36. The van der Waals surface area contributed by atoms with E-state index in [1.54, 1.807) is 0 Å². The Hall–Kier alpha value is -1.55. The molecule has 1 aliphatic heterocycles. The number of rotatable bonds is 3. The van der Waals surface area contributed by atoms with Gasteiger partial charge in [-0.05, 0) is 50.4 Å². The molecule has 0 N–H and O–H groups in total. The van der Waals surface area contributed by atoms with E-state index in [0.29, 0.717) is 5.28 Å². The van der Waals surface area contributed by atoms with Gasteiger partial charge in [0.1, 0.15) is 11.6 Å². The first-order chi connectivity index (χ1) is 9.63. The van der Waals surface area contributed by atoms with Gasteiger partial charge in [-0.2, -0.15) is 4.98 Å². The number of hydrogen-bond acceptors (Lipinski definition) is 4. The average Bonchev–Trinajstić information content (AvgIpc) is 2.90. The third kappa shape index (κ3) is 2.66. The zero-order valence-electron chi connectivity index (χ0n) is 11.8. The largest absolute Gasteiger partial charge is 0.491 e. The molecule has 0 aliphatic carbocycles. The van der Waals surface area contributed by atoms with E-state index in [1.165, 1.54) is 12.8 Å². The molecule has 0 spiro atoms. The maximum atomic E-state index is 6.07. The van der Waals surface area contributed by atoms with Gasteiger partial charge in [0.2, 0.25) is 5.28 Å². The number of fused-ring (bicyclic) bond motifs is 1. The molecule has 4 nitrogen and oxygen atoms in total. The maximum absolute atomic E-state index is 6.07. The Kier molecular flexibility index (Phi) is 3.66. The van der Waals surface area contributed by atoms with Crippen LogP contribution in [0.3, 0.4) is 0 Å². The smallest absolute Gasteiger partial charge is 0.224 e. The van der Waals surface area contributed by atoms with Crippen LogP contribution in [-0.2, 0) is 0 Å². The normalized spacial score (nSPS) is 15.3. The molecule has 20 heavy (non-hydrogen) atoms. The first-order valence-electron chi connectivity index (χ1n) is 7.02. The highest BCUT2D eigenvalue weighted by Gasteiger charge is 2.18. The number of anilines is 1. The highest BCUT2D eigenvalue weighted by molar-refractivity contribution is 6.28. The monoisotopic (exact) mass is 291 g/mol. The summed E-state index contributed by atoms with van der Waals surface area (Å²) in [5.41, 5.74) is 0.838. The molecule has 0 unspecified atom stereocenters. The van der Waals surface area contributed by atoms with Crippen LogP contribution in [0.25, 0.3) is 10.9 Å². The lowest BCUT2D eigenvalue weighted by molar-refractivity contribution is 0.242. The molecule has 5 heteroatoms. The zero-order valence-corrected chi connectivity index (χ0v) is 12.5. The molecule has 0 saturated carbocycles. The Morgan fingerprint density at radius 3 is 2.65 bits per heavy atom. The van der Waals surface area contributed by atoms with Gasteiger partial charge < -0.3 is 9.64 Å². The summed E-state index contributed by atoms with van der Waals surface area (Å²) in [5, 5.41) is 1.33. The third-order valence-electron chi connectivity index (χ3n) is 3.40. The average molecular weight is 292 g/mol. The van der Waals surface area contributed by atoms with Crippen LogP contribution in [-0.4, -0.2) is 29.2 Å². The molecule has 2 aromatic rings. The summed E-state index contributed by atoms with van der Waals surface area (Å²) in [4.78, 5) is 11.0. The molecule has 1 aliphatic rings. The van der Waals surface area contributed by atoms with Crippen molar-refractivity contribution in [3.63, 3.8) is 0 Å². The number of hydrogen-bond donors (Lipinski definition) is 0. The predicted octanol–water partition coefficient (Wildman–Crippen LogP) is 3.67. The van der Waals surface area contributed by atoms with E-state index in [1.807, 2.05) is 32.0 Å². The number of benzene rings is 1. The summed E-state index contributed by atoms with van der Waals surface area (Å²) in [5.74, 6) is 1.75. The molecule has 0 bridgehead atoms.